The molecule has 0 radical (unpaired) electrons. The van der Waals surface area contributed by atoms with Gasteiger partial charge in [-0.2, -0.15) is 0 Å². The van der Waals surface area contributed by atoms with Crippen molar-refractivity contribution in [3.8, 4) is 0 Å². The van der Waals surface area contributed by atoms with Crippen LogP contribution in [-0.2, 0) is 14.1 Å². The van der Waals surface area contributed by atoms with Crippen LogP contribution in [0.15, 0.2) is 24.8 Å². The van der Waals surface area contributed by atoms with Gasteiger partial charge in [-0.05, 0) is 0 Å². The van der Waals surface area contributed by atoms with Gasteiger partial charge >= 0.3 is 0 Å². The number of nitrogens with zero attached hydrogens (tertiary/aromatic N) is 4. The summed E-state index contributed by atoms with van der Waals surface area (Å²) in [6, 6.07) is 0. The summed E-state index contributed by atoms with van der Waals surface area (Å²) < 4.78 is 4.21. The van der Waals surface area contributed by atoms with Crippen LogP contribution in [0.4, 0.5) is 0 Å². The first-order valence-corrected chi connectivity index (χ1v) is 9.27. The predicted molar refractivity (Wildman–Crippen MR) is 88.2 cm³/mol. The number of aromatic nitrogens is 4. The average Bonchev–Trinajstić information content (AvgIpc) is 3.02. The van der Waals surface area contributed by atoms with E-state index in [1.54, 1.807) is 0 Å². The van der Waals surface area contributed by atoms with E-state index in [0.717, 1.165) is 23.2 Å². The Morgan fingerprint density at radius 3 is 1.60 bits per heavy atom. The molecule has 2 atom stereocenters. The number of imidazole rings is 2. The van der Waals surface area contributed by atoms with Crippen LogP contribution >= 0.6 is 21.6 Å². The average molecular weight is 310 g/mol. The van der Waals surface area contributed by atoms with Gasteiger partial charge in [0.15, 0.2) is 0 Å². The molecule has 0 saturated carbocycles. The zero-order valence-corrected chi connectivity index (χ0v) is 14.1. The normalized spacial score (nSPS) is 14.4. The summed E-state index contributed by atoms with van der Waals surface area (Å²) in [6.07, 6.45) is 7.75. The first-order chi connectivity index (χ1) is 9.59. The second kappa shape index (κ2) is 7.22. The van der Waals surface area contributed by atoms with E-state index in [2.05, 4.69) is 47.0 Å². The summed E-state index contributed by atoms with van der Waals surface area (Å²) in [5, 5.41) is 0. The molecule has 2 rings (SSSR count). The monoisotopic (exact) mass is 310 g/mol. The Balaban J connectivity index is 1.72. The summed E-state index contributed by atoms with van der Waals surface area (Å²) in [5.41, 5.74) is 0. The van der Waals surface area contributed by atoms with Gasteiger partial charge in [0.05, 0.1) is 0 Å². The van der Waals surface area contributed by atoms with Crippen LogP contribution in [0.2, 0.25) is 0 Å². The minimum Gasteiger partial charge on any atom is -0.338 e. The quantitative estimate of drug-likeness (QED) is 0.580. The van der Waals surface area contributed by atoms with Gasteiger partial charge in [-0.1, -0.05) is 35.4 Å². The molecule has 0 N–H and O–H groups in total. The molecule has 2 aromatic rings. The van der Waals surface area contributed by atoms with Gasteiger partial charge in [-0.3, -0.25) is 0 Å². The standard InChI is InChI=1S/C14H22N4S2/c1-11(13-15-5-7-17(13)3)9-19-20-10-12(2)14-16-6-8-18(14)4/h5-8,11-12H,9-10H2,1-4H3. The Morgan fingerprint density at radius 2 is 1.30 bits per heavy atom. The molecule has 0 aromatic carbocycles. The topological polar surface area (TPSA) is 35.6 Å². The molecule has 0 aliphatic carbocycles. The van der Waals surface area contributed by atoms with Crippen molar-refractivity contribution in [2.45, 2.75) is 25.7 Å². The second-order valence-electron chi connectivity index (χ2n) is 5.16. The molecular formula is C14H22N4S2. The maximum Gasteiger partial charge on any atom is 0.112 e. The molecule has 0 aliphatic rings. The summed E-state index contributed by atoms with van der Waals surface area (Å²) >= 11 is 0. The molecule has 0 saturated heterocycles. The molecule has 6 heteroatoms. The first kappa shape index (κ1) is 15.5. The molecule has 0 bridgehead atoms. The van der Waals surface area contributed by atoms with Crippen LogP contribution in [0.5, 0.6) is 0 Å². The van der Waals surface area contributed by atoms with Crippen LogP contribution in [0.1, 0.15) is 37.3 Å². The van der Waals surface area contributed by atoms with E-state index in [9.17, 15) is 0 Å². The number of aryl methyl sites for hydroxylation is 2. The first-order valence-electron chi connectivity index (χ1n) is 6.78. The fourth-order valence-electron chi connectivity index (χ4n) is 2.15. The van der Waals surface area contributed by atoms with Crippen molar-refractivity contribution in [3.63, 3.8) is 0 Å². The lowest BCUT2D eigenvalue weighted by Gasteiger charge is -2.13. The lowest BCUT2D eigenvalue weighted by molar-refractivity contribution is 0.717. The van der Waals surface area contributed by atoms with E-state index in [-0.39, 0.29) is 0 Å². The second-order valence-corrected chi connectivity index (χ2v) is 7.72. The van der Waals surface area contributed by atoms with Gasteiger partial charge in [-0.25, -0.2) is 9.97 Å². The zero-order valence-electron chi connectivity index (χ0n) is 12.5. The molecule has 2 unspecified atom stereocenters. The summed E-state index contributed by atoms with van der Waals surface area (Å²) in [6.45, 7) is 4.47. The molecule has 2 heterocycles. The van der Waals surface area contributed by atoms with E-state index in [0.29, 0.717) is 11.8 Å². The van der Waals surface area contributed by atoms with Crippen LogP contribution in [-0.4, -0.2) is 30.6 Å². The Hall–Kier alpha value is -0.880. The summed E-state index contributed by atoms with van der Waals surface area (Å²) in [5.74, 6) is 5.46. The van der Waals surface area contributed by atoms with Gasteiger partial charge < -0.3 is 9.13 Å². The zero-order chi connectivity index (χ0) is 14.5. The SMILES string of the molecule is CC(CSSCC(C)c1nccn1C)c1nccn1C. The van der Waals surface area contributed by atoms with E-state index in [1.807, 2.05) is 46.4 Å². The third-order valence-corrected chi connectivity index (χ3v) is 6.07. The number of hydrogen-bond acceptors (Lipinski definition) is 4. The highest BCUT2D eigenvalue weighted by Gasteiger charge is 2.13. The number of hydrogen-bond donors (Lipinski definition) is 0. The molecule has 0 aliphatic heterocycles. The van der Waals surface area contributed by atoms with Crippen LogP contribution in [0.3, 0.4) is 0 Å². The highest BCUT2D eigenvalue weighted by molar-refractivity contribution is 8.76. The largest absolute Gasteiger partial charge is 0.338 e. The van der Waals surface area contributed by atoms with Gasteiger partial charge in [0.2, 0.25) is 0 Å². The Kier molecular flexibility index (Phi) is 5.60. The van der Waals surface area contributed by atoms with Gasteiger partial charge in [0, 0.05) is 62.2 Å². The van der Waals surface area contributed by atoms with E-state index >= 15 is 0 Å². The lowest BCUT2D eigenvalue weighted by Crippen LogP contribution is -2.06. The van der Waals surface area contributed by atoms with Crippen LogP contribution in [0, 0.1) is 0 Å². The Bertz CT molecular complexity index is 487. The third kappa shape index (κ3) is 3.82. The van der Waals surface area contributed by atoms with Gasteiger partial charge in [0.25, 0.3) is 0 Å². The van der Waals surface area contributed by atoms with Gasteiger partial charge in [-0.15, -0.1) is 0 Å². The van der Waals surface area contributed by atoms with Crippen molar-refractivity contribution in [2.75, 3.05) is 11.5 Å². The van der Waals surface area contributed by atoms with Gasteiger partial charge in [0.1, 0.15) is 11.6 Å². The minimum absolute atomic E-state index is 0.482. The summed E-state index contributed by atoms with van der Waals surface area (Å²) in [4.78, 5) is 8.82. The molecule has 0 spiro atoms. The van der Waals surface area contributed by atoms with E-state index in [1.165, 1.54) is 0 Å². The molecule has 0 amide bonds. The van der Waals surface area contributed by atoms with E-state index < -0.39 is 0 Å². The fourth-order valence-corrected chi connectivity index (χ4v) is 4.85. The summed E-state index contributed by atoms with van der Waals surface area (Å²) in [7, 11) is 7.96. The molecule has 2 aromatic heterocycles. The molecule has 20 heavy (non-hydrogen) atoms. The molecule has 4 nitrogen and oxygen atoms in total. The van der Waals surface area contributed by atoms with Crippen LogP contribution in [0.25, 0.3) is 0 Å². The number of rotatable bonds is 7. The van der Waals surface area contributed by atoms with Crippen molar-refractivity contribution in [1.82, 2.24) is 19.1 Å². The van der Waals surface area contributed by atoms with Crippen molar-refractivity contribution >= 4 is 21.6 Å². The maximum absolute atomic E-state index is 4.41. The molecule has 0 fully saturated rings. The molecular weight excluding hydrogens is 288 g/mol. The predicted octanol–water partition coefficient (Wildman–Crippen LogP) is 3.44. The highest BCUT2D eigenvalue weighted by Crippen LogP contribution is 2.31. The van der Waals surface area contributed by atoms with Crippen molar-refractivity contribution in [2.24, 2.45) is 14.1 Å². The lowest BCUT2D eigenvalue weighted by atomic mass is 10.2. The Labute approximate surface area is 128 Å². The molecule has 110 valence electrons. The van der Waals surface area contributed by atoms with E-state index in [4.69, 9.17) is 0 Å². The Morgan fingerprint density at radius 1 is 0.900 bits per heavy atom. The van der Waals surface area contributed by atoms with Crippen LogP contribution < -0.4 is 0 Å². The van der Waals surface area contributed by atoms with Crippen molar-refractivity contribution < 1.29 is 0 Å². The smallest absolute Gasteiger partial charge is 0.112 e. The van der Waals surface area contributed by atoms with Crippen molar-refractivity contribution in [3.05, 3.63) is 36.4 Å². The maximum atomic E-state index is 4.41. The fraction of sp³-hybridized carbons (Fsp3) is 0.571. The third-order valence-electron chi connectivity index (χ3n) is 3.32. The van der Waals surface area contributed by atoms with Crippen molar-refractivity contribution in [1.29, 1.82) is 0 Å². The minimum atomic E-state index is 0.482. The highest BCUT2D eigenvalue weighted by atomic mass is 33.1.